The molecule has 0 radical (unpaired) electrons. The number of rotatable bonds is 2. The fourth-order valence-corrected chi connectivity index (χ4v) is 15.8. The van der Waals surface area contributed by atoms with Crippen molar-refractivity contribution < 1.29 is 7.84 Å². The van der Waals surface area contributed by atoms with Gasteiger partial charge in [0.1, 0.15) is 0 Å². The Hall–Kier alpha value is 0.0596. The molecule has 21 heavy (non-hydrogen) atoms. The fourth-order valence-electron chi connectivity index (χ4n) is 4.94. The second kappa shape index (κ2) is 4.54. The molecule has 0 amide bonds. The Balaban J connectivity index is 1.69. The van der Waals surface area contributed by atoms with Crippen LogP contribution in [0, 0.1) is 16.7 Å². The molecule has 2 aliphatic carbocycles. The Morgan fingerprint density at radius 3 is 2.57 bits per heavy atom. The van der Waals surface area contributed by atoms with Crippen molar-refractivity contribution in [3.63, 3.8) is 0 Å². The van der Waals surface area contributed by atoms with Crippen molar-refractivity contribution in [3.8, 4) is 5.75 Å². The maximum absolute atomic E-state index is 7.13. The summed E-state index contributed by atoms with van der Waals surface area (Å²) in [6.45, 7) is 4.90. The molecule has 1 spiro atoms. The van der Waals surface area contributed by atoms with Gasteiger partial charge in [0.25, 0.3) is 0 Å². The average molecular weight is 422 g/mol. The minimum absolute atomic E-state index is 0.348. The van der Waals surface area contributed by atoms with Crippen molar-refractivity contribution in [2.45, 2.75) is 43.7 Å². The molecule has 3 fully saturated rings. The summed E-state index contributed by atoms with van der Waals surface area (Å²) in [5.41, 5.74) is 0.743. The average Bonchev–Trinajstić information content (AvgIpc) is 2.99. The third-order valence-electron chi connectivity index (χ3n) is 6.48. The third-order valence-corrected chi connectivity index (χ3v) is 15.7. The topological polar surface area (TPSA) is 18.5 Å². The summed E-state index contributed by atoms with van der Waals surface area (Å²) in [5.74, 6) is 1.72. The number of benzene rings is 1. The van der Waals surface area contributed by atoms with Crippen LogP contribution in [0.1, 0.15) is 33.1 Å². The molecule has 3 aliphatic rings. The minimum atomic E-state index is -2.95. The predicted molar refractivity (Wildman–Crippen MR) is 87.5 cm³/mol. The molecule has 4 unspecified atom stereocenters. The summed E-state index contributed by atoms with van der Waals surface area (Å²) in [4.78, 5) is 0. The van der Waals surface area contributed by atoms with Crippen LogP contribution >= 0.6 is 8.96 Å². The SMILES string of the molecule is COc1ccc([Te]2(Cl)CC34CCC(CC3O2)C4(C)C)cc1. The molecule has 1 aromatic rings. The Bertz CT molecular complexity index is 573. The van der Waals surface area contributed by atoms with Crippen molar-refractivity contribution in [3.05, 3.63) is 24.3 Å². The first-order valence-corrected chi connectivity index (χ1v) is 14.5. The Morgan fingerprint density at radius 1 is 1.29 bits per heavy atom. The third kappa shape index (κ3) is 1.81. The van der Waals surface area contributed by atoms with Crippen molar-refractivity contribution in [1.29, 1.82) is 0 Å². The van der Waals surface area contributed by atoms with Gasteiger partial charge in [-0.15, -0.1) is 0 Å². The predicted octanol–water partition coefficient (Wildman–Crippen LogP) is 3.81. The summed E-state index contributed by atoms with van der Waals surface area (Å²) in [5, 5.41) is 0. The van der Waals surface area contributed by atoms with Crippen LogP contribution in [0.25, 0.3) is 0 Å². The Labute approximate surface area is 135 Å². The van der Waals surface area contributed by atoms with E-state index in [9.17, 15) is 0 Å². The van der Waals surface area contributed by atoms with E-state index in [1.807, 2.05) is 12.1 Å². The molecule has 4 atom stereocenters. The zero-order valence-corrected chi connectivity index (χ0v) is 16.0. The second-order valence-corrected chi connectivity index (χ2v) is 16.8. The number of ether oxygens (including phenoxy) is 1. The van der Waals surface area contributed by atoms with Gasteiger partial charge in [0.2, 0.25) is 0 Å². The van der Waals surface area contributed by atoms with E-state index in [1.165, 1.54) is 22.9 Å². The molecule has 116 valence electrons. The summed E-state index contributed by atoms with van der Waals surface area (Å²) in [7, 11) is 8.83. The second-order valence-electron chi connectivity index (χ2n) is 7.35. The number of methoxy groups -OCH3 is 1. The normalized spacial score (nSPS) is 46.1. The van der Waals surface area contributed by atoms with Gasteiger partial charge in [-0.3, -0.25) is 0 Å². The summed E-state index contributed by atoms with van der Waals surface area (Å²) in [6.07, 6.45) is 4.31. The maximum atomic E-state index is 7.13. The van der Waals surface area contributed by atoms with Crippen molar-refractivity contribution >= 4 is 30.0 Å². The molecular weight excluding hydrogens is 399 g/mol. The number of fused-ring (bicyclic) bond motifs is 1. The van der Waals surface area contributed by atoms with Crippen LogP contribution in [0.3, 0.4) is 0 Å². The van der Waals surface area contributed by atoms with Crippen LogP contribution < -0.4 is 8.35 Å². The van der Waals surface area contributed by atoms with E-state index >= 15 is 0 Å². The molecule has 1 aromatic carbocycles. The Kier molecular flexibility index (Phi) is 3.17. The first-order valence-electron chi connectivity index (χ1n) is 7.74. The van der Waals surface area contributed by atoms with E-state index < -0.39 is 17.5 Å². The number of hydrogen-bond donors (Lipinski definition) is 0. The molecule has 0 N–H and O–H groups in total. The van der Waals surface area contributed by atoms with Gasteiger partial charge in [-0.1, -0.05) is 0 Å². The summed E-state index contributed by atoms with van der Waals surface area (Å²) in [6, 6.07) is 8.29. The van der Waals surface area contributed by atoms with Crippen LogP contribution in [0.4, 0.5) is 0 Å². The van der Waals surface area contributed by atoms with Gasteiger partial charge in [0, 0.05) is 0 Å². The van der Waals surface area contributed by atoms with E-state index in [2.05, 4.69) is 26.0 Å². The van der Waals surface area contributed by atoms with Gasteiger partial charge in [0.15, 0.2) is 0 Å². The van der Waals surface area contributed by atoms with E-state index in [1.54, 1.807) is 7.11 Å². The Morgan fingerprint density at radius 2 is 2.00 bits per heavy atom. The molecule has 1 saturated heterocycles. The van der Waals surface area contributed by atoms with Crippen molar-refractivity contribution in [2.24, 2.45) is 16.7 Å². The molecular formula is C17H23ClO2Te. The number of halogens is 1. The van der Waals surface area contributed by atoms with E-state index in [0.29, 0.717) is 16.9 Å². The first-order chi connectivity index (χ1) is 9.91. The monoisotopic (exact) mass is 424 g/mol. The van der Waals surface area contributed by atoms with Gasteiger partial charge < -0.3 is 0 Å². The zero-order valence-electron chi connectivity index (χ0n) is 12.9. The molecule has 4 heteroatoms. The van der Waals surface area contributed by atoms with Gasteiger partial charge in [-0.05, 0) is 0 Å². The van der Waals surface area contributed by atoms with E-state index in [4.69, 9.17) is 16.8 Å². The molecule has 2 saturated carbocycles. The zero-order chi connectivity index (χ0) is 14.9. The molecule has 4 rings (SSSR count). The van der Waals surface area contributed by atoms with Gasteiger partial charge in [0.05, 0.1) is 0 Å². The fraction of sp³-hybridized carbons (Fsp3) is 0.647. The molecule has 1 heterocycles. The number of hydrogen-bond acceptors (Lipinski definition) is 2. The van der Waals surface area contributed by atoms with E-state index in [0.717, 1.165) is 16.1 Å². The molecule has 0 aromatic heterocycles. The van der Waals surface area contributed by atoms with Crippen molar-refractivity contribution in [1.82, 2.24) is 0 Å². The van der Waals surface area contributed by atoms with Crippen LogP contribution in [-0.4, -0.2) is 30.7 Å². The molecule has 2 bridgehead atoms. The molecule has 1 aliphatic heterocycles. The summed E-state index contributed by atoms with van der Waals surface area (Å²) < 4.78 is 14.2. The summed E-state index contributed by atoms with van der Waals surface area (Å²) >= 11 is -2.95. The van der Waals surface area contributed by atoms with Crippen molar-refractivity contribution in [2.75, 3.05) is 7.11 Å². The molecule has 2 nitrogen and oxygen atoms in total. The van der Waals surface area contributed by atoms with Gasteiger partial charge in [-0.25, -0.2) is 0 Å². The van der Waals surface area contributed by atoms with Crippen LogP contribution in [0.5, 0.6) is 5.75 Å². The van der Waals surface area contributed by atoms with Crippen LogP contribution in [0.15, 0.2) is 24.3 Å². The van der Waals surface area contributed by atoms with Crippen LogP contribution in [-0.2, 0) is 3.10 Å². The van der Waals surface area contributed by atoms with Gasteiger partial charge in [-0.2, -0.15) is 0 Å². The standard InChI is InChI=1S/C17H23ClO2Te/c1-16(2)12-8-9-17(16)11-21(18,20-15(17)10-12)14-6-4-13(19-3)5-7-14/h4-7,12,15H,8-11H2,1-3H3. The van der Waals surface area contributed by atoms with Crippen LogP contribution in [0.2, 0.25) is 4.47 Å². The van der Waals surface area contributed by atoms with Gasteiger partial charge >= 0.3 is 135 Å². The van der Waals surface area contributed by atoms with E-state index in [-0.39, 0.29) is 0 Å². The quantitative estimate of drug-likeness (QED) is 0.675. The first kappa shape index (κ1) is 14.6.